The molecule has 2 N–H and O–H groups in total. The maximum absolute atomic E-state index is 12.0. The highest BCUT2D eigenvalue weighted by atomic mass is 32.2. The smallest absolute Gasteiger partial charge is 0.327 e. The van der Waals surface area contributed by atoms with E-state index in [2.05, 4.69) is 23.7 Å². The number of nitrogens with one attached hydrogen (secondary N) is 2. The Labute approximate surface area is 152 Å². The lowest BCUT2D eigenvalue weighted by molar-refractivity contribution is -0.145. The molecule has 1 aliphatic heterocycles. The molecule has 7 heteroatoms. The number of carbonyl (C=O) groups is 1. The molecule has 0 saturated carbocycles. The van der Waals surface area contributed by atoms with Gasteiger partial charge in [-0.2, -0.15) is 4.83 Å². The van der Waals surface area contributed by atoms with Crippen LogP contribution in [0.15, 0.2) is 58.6 Å². The monoisotopic (exact) mass is 358 g/mol. The third-order valence-corrected chi connectivity index (χ3v) is 4.04. The highest BCUT2D eigenvalue weighted by molar-refractivity contribution is 8.02. The Hall–Kier alpha value is -2.38. The van der Waals surface area contributed by atoms with Gasteiger partial charge in [0.25, 0.3) is 0 Å². The molecule has 6 nitrogen and oxygen atoms in total. The summed E-state index contributed by atoms with van der Waals surface area (Å²) in [5.41, 5.74) is 1.64. The molecule has 0 aliphatic carbocycles. The lowest BCUT2D eigenvalue weighted by Crippen LogP contribution is -2.31. The molecule has 0 fully saturated rings. The molecule has 0 unspecified atom stereocenters. The summed E-state index contributed by atoms with van der Waals surface area (Å²) in [5.74, 6) is 0.0673. The zero-order chi connectivity index (χ0) is 18.1. The van der Waals surface area contributed by atoms with E-state index >= 15 is 0 Å². The molecule has 1 heterocycles. The van der Waals surface area contributed by atoms with Crippen LogP contribution in [0.2, 0.25) is 0 Å². The molecular weight excluding hydrogens is 336 g/mol. The van der Waals surface area contributed by atoms with Crippen molar-refractivity contribution in [2.45, 2.75) is 20.5 Å². The summed E-state index contributed by atoms with van der Waals surface area (Å²) >= 11 is 1.35. The summed E-state index contributed by atoms with van der Waals surface area (Å²) in [6.07, 6.45) is 6.70. The first-order valence-corrected chi connectivity index (χ1v) is 8.76. The summed E-state index contributed by atoms with van der Waals surface area (Å²) in [5, 5.41) is 8.84. The second-order valence-corrected chi connectivity index (χ2v) is 6.53. The van der Waals surface area contributed by atoms with Crippen molar-refractivity contribution < 1.29 is 9.53 Å². The Morgan fingerprint density at radius 3 is 2.84 bits per heavy atom. The average molecular weight is 358 g/mol. The van der Waals surface area contributed by atoms with Crippen LogP contribution in [0.5, 0.6) is 0 Å². The largest absolute Gasteiger partial charge is 0.459 e. The molecule has 132 valence electrons. The first-order valence-electron chi connectivity index (χ1n) is 7.94. The van der Waals surface area contributed by atoms with E-state index in [4.69, 9.17) is 10.1 Å². The molecule has 1 aliphatic rings. The molecule has 1 aromatic rings. The number of benzene rings is 1. The van der Waals surface area contributed by atoms with Crippen LogP contribution in [0.1, 0.15) is 19.4 Å². The van der Waals surface area contributed by atoms with Gasteiger partial charge in [0.15, 0.2) is 0 Å². The Kier molecular flexibility index (Phi) is 7.43. The number of nitrogens with zero attached hydrogens (tertiary/aromatic N) is 2. The predicted octanol–water partition coefficient (Wildman–Crippen LogP) is 3.30. The first kappa shape index (κ1) is 19.0. The van der Waals surface area contributed by atoms with E-state index < -0.39 is 0 Å². The molecule has 25 heavy (non-hydrogen) atoms. The van der Waals surface area contributed by atoms with E-state index in [1.54, 1.807) is 11.2 Å². The summed E-state index contributed by atoms with van der Waals surface area (Å²) in [4.78, 5) is 19.9. The van der Waals surface area contributed by atoms with E-state index in [9.17, 15) is 4.79 Å². The second kappa shape index (κ2) is 9.80. The van der Waals surface area contributed by atoms with Crippen molar-refractivity contribution in [3.63, 3.8) is 0 Å². The van der Waals surface area contributed by atoms with Crippen LogP contribution in [-0.4, -0.2) is 29.6 Å². The van der Waals surface area contributed by atoms with Gasteiger partial charge in [-0.3, -0.25) is 15.2 Å². The topological polar surface area (TPSA) is 77.8 Å². The van der Waals surface area contributed by atoms with Crippen LogP contribution in [0.3, 0.4) is 0 Å². The first-order chi connectivity index (χ1) is 12.1. The second-order valence-electron chi connectivity index (χ2n) is 5.71. The van der Waals surface area contributed by atoms with Gasteiger partial charge in [0, 0.05) is 6.20 Å². The third kappa shape index (κ3) is 6.56. The van der Waals surface area contributed by atoms with Crippen LogP contribution in [0.25, 0.3) is 0 Å². The lowest BCUT2D eigenvalue weighted by atomic mass is 10.2. The van der Waals surface area contributed by atoms with Gasteiger partial charge in [0.1, 0.15) is 19.5 Å². The van der Waals surface area contributed by atoms with Crippen molar-refractivity contribution in [2.75, 3.05) is 6.54 Å². The van der Waals surface area contributed by atoms with E-state index in [1.165, 1.54) is 11.9 Å². The zero-order valence-corrected chi connectivity index (χ0v) is 15.1. The van der Waals surface area contributed by atoms with Gasteiger partial charge in [-0.1, -0.05) is 50.3 Å². The Morgan fingerprint density at radius 1 is 1.40 bits per heavy atom. The molecule has 0 spiro atoms. The molecule has 0 aromatic heterocycles. The van der Waals surface area contributed by atoms with Crippen LogP contribution in [0.4, 0.5) is 0 Å². The van der Waals surface area contributed by atoms with E-state index in [-0.39, 0.29) is 19.1 Å². The van der Waals surface area contributed by atoms with Gasteiger partial charge in [-0.15, -0.1) is 0 Å². The standard InChI is InChI=1S/C18H22N4O2S/c1-14(2)8-9-16(20-13-19)17-10-22(21-25-17)11-18(23)24-12-15-6-4-3-5-7-15/h3-10,13-14,19,21H,11-12H2,1-2H3/b9-8-,19-13?,20-16?. The summed E-state index contributed by atoms with van der Waals surface area (Å²) in [6.45, 7) is 4.49. The summed E-state index contributed by atoms with van der Waals surface area (Å²) < 4.78 is 5.27. The Bertz CT molecular complexity index is 684. The third-order valence-electron chi connectivity index (χ3n) is 3.18. The minimum absolute atomic E-state index is 0.0924. The minimum atomic E-state index is -0.322. The van der Waals surface area contributed by atoms with Crippen LogP contribution in [-0.2, 0) is 16.1 Å². The fourth-order valence-corrected chi connectivity index (χ4v) is 2.70. The zero-order valence-electron chi connectivity index (χ0n) is 14.3. The highest BCUT2D eigenvalue weighted by Crippen LogP contribution is 2.22. The van der Waals surface area contributed by atoms with Gasteiger partial charge < -0.3 is 4.74 Å². The number of rotatable bonds is 8. The van der Waals surface area contributed by atoms with E-state index in [0.29, 0.717) is 11.6 Å². The Balaban J connectivity index is 1.90. The number of aliphatic imine (C=N–C) groups is 1. The van der Waals surface area contributed by atoms with E-state index in [1.807, 2.05) is 42.5 Å². The molecule has 0 saturated heterocycles. The van der Waals surface area contributed by atoms with Gasteiger partial charge in [-0.25, -0.2) is 4.99 Å². The number of hydrogen-bond acceptors (Lipinski definition) is 6. The van der Waals surface area contributed by atoms with Crippen molar-refractivity contribution in [3.8, 4) is 0 Å². The van der Waals surface area contributed by atoms with Crippen LogP contribution < -0.4 is 4.83 Å². The molecule has 0 atom stereocenters. The van der Waals surface area contributed by atoms with Crippen molar-refractivity contribution in [2.24, 2.45) is 10.9 Å². The van der Waals surface area contributed by atoms with Gasteiger partial charge >= 0.3 is 5.97 Å². The molecule has 0 radical (unpaired) electrons. The molecule has 0 bridgehead atoms. The quantitative estimate of drug-likeness (QED) is 0.323. The predicted molar refractivity (Wildman–Crippen MR) is 102 cm³/mol. The Morgan fingerprint density at radius 2 is 2.16 bits per heavy atom. The van der Waals surface area contributed by atoms with Gasteiger partial charge in [0.05, 0.1) is 10.6 Å². The average Bonchev–Trinajstić information content (AvgIpc) is 3.06. The van der Waals surface area contributed by atoms with E-state index in [0.717, 1.165) is 16.8 Å². The van der Waals surface area contributed by atoms with Crippen molar-refractivity contribution in [3.05, 3.63) is 59.2 Å². The maximum atomic E-state index is 12.0. The number of hydrazine groups is 1. The number of ether oxygens (including phenoxy) is 1. The normalized spacial score (nSPS) is 14.9. The number of esters is 1. The van der Waals surface area contributed by atoms with Crippen molar-refractivity contribution in [1.29, 1.82) is 5.41 Å². The summed E-state index contributed by atoms with van der Waals surface area (Å²) in [6, 6.07) is 9.56. The highest BCUT2D eigenvalue weighted by Gasteiger charge is 2.19. The van der Waals surface area contributed by atoms with Crippen LogP contribution in [0, 0.1) is 11.3 Å². The lowest BCUT2D eigenvalue weighted by Gasteiger charge is -2.13. The minimum Gasteiger partial charge on any atom is -0.459 e. The number of allylic oxidation sites excluding steroid dienone is 3. The fourth-order valence-electron chi connectivity index (χ4n) is 1.96. The fraction of sp³-hybridized carbons (Fsp3) is 0.278. The molecule has 2 rings (SSSR count). The molecule has 0 amide bonds. The van der Waals surface area contributed by atoms with Gasteiger partial charge in [-0.05, 0) is 29.5 Å². The maximum Gasteiger partial charge on any atom is 0.327 e. The number of hydrogen-bond donors (Lipinski definition) is 2. The van der Waals surface area contributed by atoms with Crippen LogP contribution >= 0.6 is 11.9 Å². The van der Waals surface area contributed by atoms with Gasteiger partial charge in [0.2, 0.25) is 0 Å². The molecular formula is C18H22N4O2S. The summed E-state index contributed by atoms with van der Waals surface area (Å²) in [7, 11) is 0. The number of carbonyl (C=O) groups excluding carboxylic acids is 1. The van der Waals surface area contributed by atoms with Crippen molar-refractivity contribution >= 4 is 30.0 Å². The van der Waals surface area contributed by atoms with Crippen molar-refractivity contribution in [1.82, 2.24) is 9.84 Å². The SMILES string of the molecule is CC(C)/C=C\C(=NC=N)C1=CN(CC(=O)OCc2ccccc2)NS1. The molecule has 1 aromatic carbocycles.